The van der Waals surface area contributed by atoms with Gasteiger partial charge < -0.3 is 10.0 Å². The van der Waals surface area contributed by atoms with Crippen molar-refractivity contribution in [2.75, 3.05) is 32.7 Å². The van der Waals surface area contributed by atoms with Gasteiger partial charge in [0, 0.05) is 13.4 Å². The van der Waals surface area contributed by atoms with Crippen molar-refractivity contribution in [1.82, 2.24) is 9.73 Å². The van der Waals surface area contributed by atoms with Gasteiger partial charge >= 0.3 is 0 Å². The molecule has 166 valence electrons. The number of hydrogen-bond acceptors (Lipinski definition) is 5. The molecule has 2 N–H and O–H groups in total. The molecule has 0 atom stereocenters. The first kappa shape index (κ1) is 24.3. The fourth-order valence-corrected chi connectivity index (χ4v) is 6.06. The highest BCUT2D eigenvalue weighted by Gasteiger charge is 2.31. The molecule has 1 heterocycles. The Kier molecular flexibility index (Phi) is 8.27. The lowest BCUT2D eigenvalue weighted by Crippen LogP contribution is -3.15. The molecule has 31 heavy (non-hydrogen) atoms. The van der Waals surface area contributed by atoms with Crippen molar-refractivity contribution in [3.63, 3.8) is 0 Å². The second-order valence-electron chi connectivity index (χ2n) is 6.88. The monoisotopic (exact) mass is 636 g/mol. The molecule has 0 bridgehead atoms. The zero-order valence-corrected chi connectivity index (χ0v) is 21.7. The number of sulfonamides is 1. The minimum absolute atomic E-state index is 0.163. The quantitative estimate of drug-likeness (QED) is 0.365. The molecule has 1 aliphatic rings. The van der Waals surface area contributed by atoms with Crippen LogP contribution < -0.4 is 15.4 Å². The van der Waals surface area contributed by atoms with E-state index in [0.29, 0.717) is 40.7 Å². The molecule has 0 spiro atoms. The van der Waals surface area contributed by atoms with E-state index in [9.17, 15) is 18.3 Å². The van der Waals surface area contributed by atoms with Crippen LogP contribution in [-0.2, 0) is 14.8 Å². The van der Waals surface area contributed by atoms with Gasteiger partial charge in [-0.15, -0.1) is 0 Å². The van der Waals surface area contributed by atoms with Crippen molar-refractivity contribution in [3.8, 4) is 5.75 Å². The Hall–Kier alpha value is -1.31. The molecule has 1 amide bonds. The van der Waals surface area contributed by atoms with Crippen molar-refractivity contribution in [3.05, 3.63) is 55.4 Å². The number of nitrogens with one attached hydrogen (secondary N) is 2. The first-order valence-electron chi connectivity index (χ1n) is 9.24. The summed E-state index contributed by atoms with van der Waals surface area (Å²) in [6.07, 6.45) is 1.30. The Labute approximate surface area is 205 Å². The van der Waals surface area contributed by atoms with Gasteiger partial charge in [0.25, 0.3) is 5.91 Å². The van der Waals surface area contributed by atoms with Gasteiger partial charge in [0.2, 0.25) is 10.0 Å². The van der Waals surface area contributed by atoms with Gasteiger partial charge in [0.05, 0.1) is 37.3 Å². The highest BCUT2D eigenvalue weighted by atomic mass is 79.9. The normalized spacial score (nSPS) is 16.0. The number of benzene rings is 2. The lowest BCUT2D eigenvalue weighted by atomic mass is 10.2. The topological polar surface area (TPSA) is 106 Å². The van der Waals surface area contributed by atoms with E-state index in [2.05, 4.69) is 58.3 Å². The number of amides is 1. The number of carbonyl (C=O) groups is 1. The van der Waals surface area contributed by atoms with Gasteiger partial charge in [-0.3, -0.25) is 4.79 Å². The van der Waals surface area contributed by atoms with Crippen molar-refractivity contribution in [1.29, 1.82) is 0 Å². The fraction of sp³-hybridized carbons (Fsp3) is 0.263. The molecule has 0 aliphatic carbocycles. The SMILES string of the molecule is O=C(C[NH+]1CCN(S(=O)(=O)c2ccc(Br)cc2)CC1)N/N=C/c1cc(Br)cc(Br)c1[O-]. The number of halogens is 3. The van der Waals surface area contributed by atoms with E-state index in [0.717, 1.165) is 9.37 Å². The Morgan fingerprint density at radius 3 is 2.42 bits per heavy atom. The van der Waals surface area contributed by atoms with E-state index in [1.54, 1.807) is 36.4 Å². The summed E-state index contributed by atoms with van der Waals surface area (Å²) in [6, 6.07) is 9.78. The summed E-state index contributed by atoms with van der Waals surface area (Å²) in [4.78, 5) is 13.4. The Morgan fingerprint density at radius 1 is 1.13 bits per heavy atom. The summed E-state index contributed by atoms with van der Waals surface area (Å²) in [5.41, 5.74) is 2.75. The minimum Gasteiger partial charge on any atom is -0.871 e. The molecule has 8 nitrogen and oxygen atoms in total. The second kappa shape index (κ2) is 10.5. The third-order valence-corrected chi connectivity index (χ3v) is 8.21. The molecule has 2 aromatic rings. The van der Waals surface area contributed by atoms with Crippen LogP contribution in [0.4, 0.5) is 0 Å². The zero-order valence-electron chi connectivity index (χ0n) is 16.1. The van der Waals surface area contributed by atoms with Crippen LogP contribution in [-0.4, -0.2) is 57.6 Å². The van der Waals surface area contributed by atoms with Gasteiger partial charge in [-0.1, -0.05) is 53.5 Å². The Morgan fingerprint density at radius 2 is 1.77 bits per heavy atom. The lowest BCUT2D eigenvalue weighted by Gasteiger charge is -2.31. The van der Waals surface area contributed by atoms with Crippen molar-refractivity contribution < 1.29 is 23.2 Å². The molecule has 0 saturated carbocycles. The van der Waals surface area contributed by atoms with E-state index < -0.39 is 10.0 Å². The smallest absolute Gasteiger partial charge is 0.295 e. The van der Waals surface area contributed by atoms with E-state index in [4.69, 9.17) is 0 Å². The molecule has 0 unspecified atom stereocenters. The number of rotatable bonds is 6. The van der Waals surface area contributed by atoms with Crippen molar-refractivity contribution >= 4 is 69.9 Å². The molecular weight excluding hydrogens is 620 g/mol. The summed E-state index contributed by atoms with van der Waals surface area (Å²) in [5, 5.41) is 15.9. The average Bonchev–Trinajstić information content (AvgIpc) is 2.72. The van der Waals surface area contributed by atoms with Gasteiger partial charge in [-0.2, -0.15) is 9.41 Å². The van der Waals surface area contributed by atoms with Gasteiger partial charge in [0.1, 0.15) is 0 Å². The number of hydrazone groups is 1. The summed E-state index contributed by atoms with van der Waals surface area (Å²) in [6.45, 7) is 1.84. The molecule has 2 aromatic carbocycles. The van der Waals surface area contributed by atoms with E-state index in [1.807, 2.05) is 0 Å². The van der Waals surface area contributed by atoms with Gasteiger partial charge in [0.15, 0.2) is 6.54 Å². The van der Waals surface area contributed by atoms with Crippen LogP contribution in [0, 0.1) is 0 Å². The maximum absolute atomic E-state index is 12.7. The van der Waals surface area contributed by atoms with Crippen LogP contribution >= 0.6 is 47.8 Å². The first-order valence-corrected chi connectivity index (χ1v) is 13.1. The Balaban J connectivity index is 1.50. The zero-order chi connectivity index (χ0) is 22.6. The molecular formula is C19H19Br3N4O4S. The number of nitrogens with zero attached hydrogens (tertiary/aromatic N) is 2. The van der Waals surface area contributed by atoms with Crippen LogP contribution in [0.15, 0.2) is 59.8 Å². The minimum atomic E-state index is -3.55. The summed E-state index contributed by atoms with van der Waals surface area (Å²) < 4.78 is 28.9. The van der Waals surface area contributed by atoms with Crippen molar-refractivity contribution in [2.24, 2.45) is 5.10 Å². The molecule has 1 saturated heterocycles. The molecule has 1 fully saturated rings. The molecule has 3 rings (SSSR count). The Bertz CT molecular complexity index is 1090. The lowest BCUT2D eigenvalue weighted by molar-refractivity contribution is -0.895. The third-order valence-electron chi connectivity index (χ3n) is 4.72. The molecule has 12 heteroatoms. The van der Waals surface area contributed by atoms with E-state index in [1.165, 1.54) is 10.5 Å². The maximum atomic E-state index is 12.7. The molecule has 1 aliphatic heterocycles. The average molecular weight is 639 g/mol. The van der Waals surface area contributed by atoms with E-state index in [-0.39, 0.29) is 23.1 Å². The number of hydrogen-bond donors (Lipinski definition) is 2. The second-order valence-corrected chi connectivity index (χ2v) is 11.5. The van der Waals surface area contributed by atoms with E-state index >= 15 is 0 Å². The third kappa shape index (κ3) is 6.36. The van der Waals surface area contributed by atoms with Crippen LogP contribution in [0.5, 0.6) is 5.75 Å². The first-order chi connectivity index (χ1) is 14.7. The van der Waals surface area contributed by atoms with Crippen molar-refractivity contribution in [2.45, 2.75) is 4.90 Å². The number of piperazine rings is 1. The summed E-state index contributed by atoms with van der Waals surface area (Å²) in [5.74, 6) is -0.535. The summed E-state index contributed by atoms with van der Waals surface area (Å²) in [7, 11) is -3.55. The fourth-order valence-electron chi connectivity index (χ4n) is 3.09. The maximum Gasteiger partial charge on any atom is 0.295 e. The highest BCUT2D eigenvalue weighted by Crippen LogP contribution is 2.28. The van der Waals surface area contributed by atoms with Crippen LogP contribution in [0.2, 0.25) is 0 Å². The van der Waals surface area contributed by atoms with Crippen LogP contribution in [0.3, 0.4) is 0 Å². The largest absolute Gasteiger partial charge is 0.871 e. The molecule has 0 radical (unpaired) electrons. The van der Waals surface area contributed by atoms with Crippen LogP contribution in [0.1, 0.15) is 5.56 Å². The summed E-state index contributed by atoms with van der Waals surface area (Å²) >= 11 is 9.78. The predicted octanol–water partition coefficient (Wildman–Crippen LogP) is 1.09. The highest BCUT2D eigenvalue weighted by molar-refractivity contribution is 9.11. The van der Waals surface area contributed by atoms with Gasteiger partial charge in [-0.05, 0) is 42.0 Å². The predicted molar refractivity (Wildman–Crippen MR) is 125 cm³/mol. The number of carbonyl (C=O) groups excluding carboxylic acids is 1. The number of quaternary nitrogens is 1. The molecule has 0 aromatic heterocycles. The standard InChI is InChI=1S/C19H19Br3N4O4S/c20-14-1-3-16(4-2-14)31(29,30)26-7-5-25(6-8-26)12-18(27)24-23-11-13-9-15(21)10-17(22)19(13)28/h1-4,9-11,28H,5-8,12H2,(H,24,27)/b23-11+. The van der Waals surface area contributed by atoms with Crippen LogP contribution in [0.25, 0.3) is 0 Å². The van der Waals surface area contributed by atoms with Gasteiger partial charge in [-0.25, -0.2) is 13.8 Å².